The molecule has 13 nitrogen and oxygen atoms in total. The first kappa shape index (κ1) is 56.9. The van der Waals surface area contributed by atoms with Gasteiger partial charge < -0.3 is 29.7 Å². The van der Waals surface area contributed by atoms with Gasteiger partial charge in [-0.2, -0.15) is 8.42 Å². The number of hydrogen-bond donors (Lipinski definition) is 4. The third-order valence-corrected chi connectivity index (χ3v) is 12.9. The van der Waals surface area contributed by atoms with Crippen molar-refractivity contribution in [1.82, 2.24) is 5.32 Å². The number of aliphatic hydroxyl groups excluding tert-OH is 2. The van der Waals surface area contributed by atoms with Gasteiger partial charge in [-0.05, 0) is 62.5 Å². The fourth-order valence-electron chi connectivity index (χ4n) is 8.66. The number of unbranched alkanes of at least 4 members (excludes halogenated alkanes) is 20. The molecule has 1 heterocycles. The van der Waals surface area contributed by atoms with E-state index in [9.17, 15) is 37.6 Å². The second kappa shape index (κ2) is 34.8. The van der Waals surface area contributed by atoms with Crippen molar-refractivity contribution in [3.05, 3.63) is 71.8 Å². The average Bonchev–Trinajstić information content (AvgIpc) is 3.29. The van der Waals surface area contributed by atoms with Crippen LogP contribution in [0.4, 0.5) is 0 Å². The zero-order chi connectivity index (χ0) is 47.7. The second-order valence-electron chi connectivity index (χ2n) is 18.1. The summed E-state index contributed by atoms with van der Waals surface area (Å²) in [4.78, 5) is 40.0. The van der Waals surface area contributed by atoms with Crippen LogP contribution in [0.3, 0.4) is 0 Å². The zero-order valence-electron chi connectivity index (χ0n) is 39.9. The molecule has 1 saturated heterocycles. The number of hydrogen-bond acceptors (Lipinski definition) is 11. The summed E-state index contributed by atoms with van der Waals surface area (Å²) in [5.74, 6) is -1.80. The monoisotopic (exact) mass is 946 g/mol. The van der Waals surface area contributed by atoms with Gasteiger partial charge in [-0.25, -0.2) is 4.18 Å². The molecule has 0 radical (unpaired) electrons. The first-order chi connectivity index (χ1) is 32.0. The minimum absolute atomic E-state index is 0.0317. The maximum absolute atomic E-state index is 13.7. The molecular formula is C52H83NO12S. The van der Waals surface area contributed by atoms with Gasteiger partial charge in [0.1, 0.15) is 24.4 Å². The summed E-state index contributed by atoms with van der Waals surface area (Å²) >= 11 is 0. The third kappa shape index (κ3) is 26.2. The van der Waals surface area contributed by atoms with Crippen molar-refractivity contribution in [1.29, 1.82) is 0 Å². The molecule has 2 aromatic rings. The van der Waals surface area contributed by atoms with Crippen LogP contribution < -0.4 is 5.32 Å². The summed E-state index contributed by atoms with van der Waals surface area (Å²) in [5, 5.41) is 23.7. The van der Waals surface area contributed by atoms with Crippen LogP contribution >= 0.6 is 0 Å². The smallest absolute Gasteiger partial charge is 0.397 e. The summed E-state index contributed by atoms with van der Waals surface area (Å²) in [6.45, 7) is 1.34. The molecule has 1 amide bonds. The number of rotatable bonds is 38. The van der Waals surface area contributed by atoms with Crippen LogP contribution in [0.1, 0.15) is 191 Å². The molecular weight excluding hydrogens is 863 g/mol. The second-order valence-corrected chi connectivity index (χ2v) is 19.2. The molecule has 0 aliphatic carbocycles. The van der Waals surface area contributed by atoms with Crippen molar-refractivity contribution in [3.63, 3.8) is 0 Å². The number of carbonyl (C=O) groups excluding carboxylic acids is 3. The molecule has 0 spiro atoms. The van der Waals surface area contributed by atoms with E-state index in [1.807, 2.05) is 24.3 Å². The molecule has 1 aliphatic heterocycles. The number of benzene rings is 2. The van der Waals surface area contributed by atoms with Crippen molar-refractivity contribution in [2.75, 3.05) is 6.61 Å². The molecule has 0 saturated carbocycles. The Morgan fingerprint density at radius 3 is 1.58 bits per heavy atom. The van der Waals surface area contributed by atoms with Gasteiger partial charge in [0.15, 0.2) is 12.4 Å². The molecule has 4 N–H and O–H groups in total. The lowest BCUT2D eigenvalue weighted by Gasteiger charge is -2.43. The molecule has 6 atom stereocenters. The first-order valence-corrected chi connectivity index (χ1v) is 26.7. The molecule has 2 aromatic carbocycles. The van der Waals surface area contributed by atoms with Crippen LogP contribution in [0.25, 0.3) is 0 Å². The number of aliphatic hydroxyl groups is 2. The Morgan fingerprint density at radius 2 is 1.09 bits per heavy atom. The van der Waals surface area contributed by atoms with Gasteiger partial charge >= 0.3 is 22.3 Å². The van der Waals surface area contributed by atoms with Gasteiger partial charge in [-0.1, -0.05) is 183 Å². The van der Waals surface area contributed by atoms with Crippen LogP contribution in [0.2, 0.25) is 0 Å². The highest BCUT2D eigenvalue weighted by molar-refractivity contribution is 7.80. The predicted octanol–water partition coefficient (Wildman–Crippen LogP) is 10.2. The minimum Gasteiger partial charge on any atom is -0.462 e. The number of nitrogens with one attached hydrogen (secondary N) is 1. The molecule has 374 valence electrons. The van der Waals surface area contributed by atoms with Gasteiger partial charge in [0.2, 0.25) is 5.91 Å². The highest BCUT2D eigenvalue weighted by atomic mass is 32.3. The summed E-state index contributed by atoms with van der Waals surface area (Å²) in [6.07, 6.45) is 18.3. The van der Waals surface area contributed by atoms with Crippen LogP contribution in [0.15, 0.2) is 60.7 Å². The van der Waals surface area contributed by atoms with E-state index < -0.39 is 71.6 Å². The topological polar surface area (TPSA) is 195 Å². The minimum atomic E-state index is -5.17. The molecule has 1 unspecified atom stereocenters. The summed E-state index contributed by atoms with van der Waals surface area (Å²) in [5.41, 5.74) is 2.69. The lowest BCUT2D eigenvalue weighted by molar-refractivity contribution is -0.254. The van der Waals surface area contributed by atoms with E-state index in [4.69, 9.17) is 18.4 Å². The number of ether oxygens (including phenoxy) is 3. The van der Waals surface area contributed by atoms with Crippen molar-refractivity contribution in [2.45, 2.75) is 230 Å². The van der Waals surface area contributed by atoms with Crippen molar-refractivity contribution < 1.29 is 56.0 Å². The van der Waals surface area contributed by atoms with E-state index in [-0.39, 0.29) is 19.3 Å². The molecule has 0 aromatic heterocycles. The maximum atomic E-state index is 13.7. The summed E-state index contributed by atoms with van der Waals surface area (Å²) in [6, 6.07) is 19.3. The van der Waals surface area contributed by atoms with Gasteiger partial charge in [-0.3, -0.25) is 18.9 Å². The largest absolute Gasteiger partial charge is 0.462 e. The van der Waals surface area contributed by atoms with Gasteiger partial charge in [0, 0.05) is 12.8 Å². The van der Waals surface area contributed by atoms with Crippen LogP contribution in [-0.4, -0.2) is 84.4 Å². The Morgan fingerprint density at radius 1 is 0.636 bits per heavy atom. The maximum Gasteiger partial charge on any atom is 0.397 e. The van der Waals surface area contributed by atoms with E-state index in [1.165, 1.54) is 49.7 Å². The fourth-order valence-corrected chi connectivity index (χ4v) is 9.18. The molecule has 1 aliphatic rings. The molecule has 14 heteroatoms. The quantitative estimate of drug-likeness (QED) is 0.0283. The number of amides is 1. The Labute approximate surface area is 396 Å². The lowest BCUT2D eigenvalue weighted by atomic mass is 9.96. The van der Waals surface area contributed by atoms with E-state index in [2.05, 4.69) is 48.6 Å². The van der Waals surface area contributed by atoms with E-state index >= 15 is 0 Å². The normalized spacial score (nSPS) is 19.0. The molecule has 0 bridgehead atoms. The van der Waals surface area contributed by atoms with Crippen LogP contribution in [0.5, 0.6) is 0 Å². The number of esters is 2. The third-order valence-electron chi connectivity index (χ3n) is 12.4. The predicted molar refractivity (Wildman–Crippen MR) is 257 cm³/mol. The molecule has 1 fully saturated rings. The summed E-state index contributed by atoms with van der Waals surface area (Å²) in [7, 11) is -5.17. The average molecular weight is 946 g/mol. The zero-order valence-corrected chi connectivity index (χ0v) is 40.7. The lowest BCUT2D eigenvalue weighted by Crippen LogP contribution is -2.66. The van der Waals surface area contributed by atoms with Gasteiger partial charge in [0.25, 0.3) is 0 Å². The SMILES string of the molecule is CCCCCCCCCCC[C@H](CC(=O)N[C@H]1C(O)O[C@H](CO)[C@@H](OS(=O)(=O)O)[C@@H]1OC(=O)CCCCCCCCCc1ccccc1)OC(=O)CCCCCCCCCc1ccccc1. The number of aryl methyl sites for hydroxylation is 2. The Balaban J connectivity index is 1.53. The molecule has 66 heavy (non-hydrogen) atoms. The van der Waals surface area contributed by atoms with Crippen LogP contribution in [-0.2, 0) is 56.0 Å². The van der Waals surface area contributed by atoms with Crippen molar-refractivity contribution in [2.24, 2.45) is 0 Å². The van der Waals surface area contributed by atoms with Crippen LogP contribution in [0, 0.1) is 0 Å². The van der Waals surface area contributed by atoms with Crippen molar-refractivity contribution in [3.8, 4) is 0 Å². The first-order valence-electron chi connectivity index (χ1n) is 25.3. The number of carbonyl (C=O) groups is 3. The van der Waals surface area contributed by atoms with E-state index in [1.54, 1.807) is 0 Å². The van der Waals surface area contributed by atoms with E-state index in [0.29, 0.717) is 19.3 Å². The van der Waals surface area contributed by atoms with Gasteiger partial charge in [0.05, 0.1) is 13.0 Å². The Bertz CT molecular complexity index is 1680. The highest BCUT2D eigenvalue weighted by Crippen LogP contribution is 2.28. The van der Waals surface area contributed by atoms with E-state index in [0.717, 1.165) is 109 Å². The van der Waals surface area contributed by atoms with Crippen molar-refractivity contribution >= 4 is 28.2 Å². The fraction of sp³-hybridized carbons (Fsp3) is 0.712. The van der Waals surface area contributed by atoms with Gasteiger partial charge in [-0.15, -0.1) is 0 Å². The Hall–Kier alpha value is -3.40. The summed E-state index contributed by atoms with van der Waals surface area (Å²) < 4.78 is 55.4. The standard InChI is InChI=1S/C52H83NO12S/c1-2-3-4-5-6-7-12-17-28-37-44(62-47(56)38-29-18-13-8-10-15-22-31-42-33-24-20-25-34-42)40-46(55)53-49-51(50(65-66(59,60)61)45(41-54)63-52(49)58)64-48(57)39-30-19-14-9-11-16-23-32-43-35-26-21-27-36-43/h20-21,24-27,33-36,44-45,49-52,54,58H,2-19,22-23,28-32,37-41H2,1H3,(H,53,55)(H,59,60,61)/t44-,45-,49-,50-,51-,52?/m1/s1. The Kier molecular flexibility index (Phi) is 30.0. The molecule has 3 rings (SSSR count). The highest BCUT2D eigenvalue weighted by Gasteiger charge is 2.50.